The molecule has 0 fully saturated rings. The molecule has 0 bridgehead atoms. The predicted molar refractivity (Wildman–Crippen MR) is 52.5 cm³/mol. The molecule has 12 heavy (non-hydrogen) atoms. The lowest BCUT2D eigenvalue weighted by Gasteiger charge is -2.40. The lowest BCUT2D eigenvalue weighted by molar-refractivity contribution is 0.187. The van der Waals surface area contributed by atoms with Crippen LogP contribution in [0.15, 0.2) is 11.4 Å². The van der Waals surface area contributed by atoms with Crippen LogP contribution in [0.2, 0.25) is 0 Å². The van der Waals surface area contributed by atoms with Gasteiger partial charge in [-0.1, -0.05) is 13.8 Å². The van der Waals surface area contributed by atoms with Crippen LogP contribution < -0.4 is 5.73 Å². The van der Waals surface area contributed by atoms with Crippen molar-refractivity contribution in [2.75, 3.05) is 13.6 Å². The van der Waals surface area contributed by atoms with Crippen molar-refractivity contribution in [3.05, 3.63) is 11.4 Å². The van der Waals surface area contributed by atoms with E-state index in [4.69, 9.17) is 5.73 Å². The second kappa shape index (κ2) is 3.00. The summed E-state index contributed by atoms with van der Waals surface area (Å²) < 4.78 is 0. The minimum atomic E-state index is 0.432. The van der Waals surface area contributed by atoms with Crippen LogP contribution in [-0.4, -0.2) is 18.5 Å². The SMILES string of the molecule is CCC1(C)CC(C)=C(N)N(C)C1. The maximum Gasteiger partial charge on any atom is 0.0973 e. The molecule has 1 heterocycles. The third-order valence-electron chi connectivity index (χ3n) is 3.01. The minimum Gasteiger partial charge on any atom is -0.385 e. The Morgan fingerprint density at radius 1 is 1.58 bits per heavy atom. The molecule has 1 aliphatic heterocycles. The molecular formula is C10H20N2. The molecular weight excluding hydrogens is 148 g/mol. The van der Waals surface area contributed by atoms with Crippen LogP contribution in [0.4, 0.5) is 0 Å². The Balaban J connectivity index is 2.84. The molecule has 0 spiro atoms. The van der Waals surface area contributed by atoms with Gasteiger partial charge in [-0.25, -0.2) is 0 Å². The first-order valence-electron chi connectivity index (χ1n) is 4.65. The molecule has 0 amide bonds. The highest BCUT2D eigenvalue weighted by molar-refractivity contribution is 5.14. The molecule has 2 N–H and O–H groups in total. The van der Waals surface area contributed by atoms with E-state index in [1.165, 1.54) is 12.0 Å². The fraction of sp³-hybridized carbons (Fsp3) is 0.800. The van der Waals surface area contributed by atoms with Gasteiger partial charge in [0.25, 0.3) is 0 Å². The number of allylic oxidation sites excluding steroid dienone is 1. The zero-order chi connectivity index (χ0) is 9.35. The highest BCUT2D eigenvalue weighted by Crippen LogP contribution is 2.35. The zero-order valence-corrected chi connectivity index (χ0v) is 8.65. The Labute approximate surface area is 75.4 Å². The monoisotopic (exact) mass is 168 g/mol. The van der Waals surface area contributed by atoms with Crippen molar-refractivity contribution in [2.45, 2.75) is 33.6 Å². The minimum absolute atomic E-state index is 0.432. The molecule has 0 radical (unpaired) electrons. The average Bonchev–Trinajstić information content (AvgIpc) is 2.00. The van der Waals surface area contributed by atoms with E-state index >= 15 is 0 Å². The Morgan fingerprint density at radius 3 is 2.58 bits per heavy atom. The summed E-state index contributed by atoms with van der Waals surface area (Å²) in [6.45, 7) is 7.81. The van der Waals surface area contributed by atoms with Crippen LogP contribution in [0, 0.1) is 5.41 Å². The third-order valence-corrected chi connectivity index (χ3v) is 3.01. The van der Waals surface area contributed by atoms with Gasteiger partial charge >= 0.3 is 0 Å². The summed E-state index contributed by atoms with van der Waals surface area (Å²) in [7, 11) is 2.08. The smallest absolute Gasteiger partial charge is 0.0973 e. The van der Waals surface area contributed by atoms with Crippen LogP contribution >= 0.6 is 0 Å². The normalized spacial score (nSPS) is 31.2. The largest absolute Gasteiger partial charge is 0.385 e. The highest BCUT2D eigenvalue weighted by Gasteiger charge is 2.29. The standard InChI is InChI=1S/C10H20N2/c1-5-10(3)6-8(2)9(11)12(4)7-10/h5-7,11H2,1-4H3. The van der Waals surface area contributed by atoms with Gasteiger partial charge in [0.1, 0.15) is 0 Å². The van der Waals surface area contributed by atoms with Gasteiger partial charge in [-0.2, -0.15) is 0 Å². The molecule has 1 atom stereocenters. The van der Waals surface area contributed by atoms with E-state index in [2.05, 4.69) is 32.7 Å². The summed E-state index contributed by atoms with van der Waals surface area (Å²) in [5.41, 5.74) is 7.68. The van der Waals surface area contributed by atoms with Crippen molar-refractivity contribution < 1.29 is 0 Å². The summed E-state index contributed by atoms with van der Waals surface area (Å²) in [4.78, 5) is 2.17. The lowest BCUT2D eigenvalue weighted by Crippen LogP contribution is -2.40. The molecule has 0 saturated carbocycles. The second-order valence-corrected chi connectivity index (χ2v) is 4.36. The van der Waals surface area contributed by atoms with Crippen LogP contribution in [-0.2, 0) is 0 Å². The first kappa shape index (κ1) is 9.43. The summed E-state index contributed by atoms with van der Waals surface area (Å²) in [5.74, 6) is 0.973. The van der Waals surface area contributed by atoms with Crippen molar-refractivity contribution >= 4 is 0 Å². The third kappa shape index (κ3) is 1.57. The van der Waals surface area contributed by atoms with Gasteiger partial charge in [-0.15, -0.1) is 0 Å². The lowest BCUT2D eigenvalue weighted by atomic mass is 9.79. The number of rotatable bonds is 1. The van der Waals surface area contributed by atoms with E-state index in [0.717, 1.165) is 18.8 Å². The Bertz CT molecular complexity index is 208. The number of nitrogens with zero attached hydrogens (tertiary/aromatic N) is 1. The summed E-state index contributed by atoms with van der Waals surface area (Å²) in [5, 5.41) is 0. The van der Waals surface area contributed by atoms with Crippen molar-refractivity contribution in [3.63, 3.8) is 0 Å². The van der Waals surface area contributed by atoms with Gasteiger partial charge in [0, 0.05) is 13.6 Å². The second-order valence-electron chi connectivity index (χ2n) is 4.36. The molecule has 2 nitrogen and oxygen atoms in total. The maximum atomic E-state index is 5.90. The summed E-state index contributed by atoms with van der Waals surface area (Å²) >= 11 is 0. The first-order chi connectivity index (χ1) is 5.48. The molecule has 1 unspecified atom stereocenters. The number of hydrogen-bond acceptors (Lipinski definition) is 2. The molecule has 70 valence electrons. The van der Waals surface area contributed by atoms with E-state index < -0.39 is 0 Å². The van der Waals surface area contributed by atoms with Gasteiger partial charge in [-0.3, -0.25) is 0 Å². The average molecular weight is 168 g/mol. The van der Waals surface area contributed by atoms with Gasteiger partial charge in [-0.05, 0) is 30.8 Å². The molecule has 0 aromatic rings. The van der Waals surface area contributed by atoms with Gasteiger partial charge < -0.3 is 10.6 Å². The van der Waals surface area contributed by atoms with Crippen LogP contribution in [0.1, 0.15) is 33.6 Å². The van der Waals surface area contributed by atoms with E-state index in [9.17, 15) is 0 Å². The Hall–Kier alpha value is -0.660. The molecule has 0 aromatic carbocycles. The topological polar surface area (TPSA) is 29.3 Å². The van der Waals surface area contributed by atoms with Gasteiger partial charge in [0.05, 0.1) is 5.82 Å². The molecule has 2 heteroatoms. The Morgan fingerprint density at radius 2 is 2.17 bits per heavy atom. The quantitative estimate of drug-likeness (QED) is 0.648. The van der Waals surface area contributed by atoms with E-state index in [-0.39, 0.29) is 0 Å². The van der Waals surface area contributed by atoms with Crippen molar-refractivity contribution in [1.82, 2.24) is 4.90 Å². The number of nitrogens with two attached hydrogens (primary N) is 1. The molecule has 0 aromatic heterocycles. The number of hydrogen-bond donors (Lipinski definition) is 1. The summed E-state index contributed by atoms with van der Waals surface area (Å²) in [6, 6.07) is 0. The first-order valence-corrected chi connectivity index (χ1v) is 4.65. The molecule has 0 saturated heterocycles. The van der Waals surface area contributed by atoms with E-state index in [1.807, 2.05) is 0 Å². The highest BCUT2D eigenvalue weighted by atomic mass is 15.2. The van der Waals surface area contributed by atoms with Crippen molar-refractivity contribution in [2.24, 2.45) is 11.1 Å². The fourth-order valence-corrected chi connectivity index (χ4v) is 2.01. The van der Waals surface area contributed by atoms with E-state index in [0.29, 0.717) is 5.41 Å². The predicted octanol–water partition coefficient (Wildman–Crippen LogP) is 1.93. The summed E-state index contributed by atoms with van der Waals surface area (Å²) in [6.07, 6.45) is 2.38. The van der Waals surface area contributed by atoms with Gasteiger partial charge in [0.15, 0.2) is 0 Å². The van der Waals surface area contributed by atoms with Crippen LogP contribution in [0.3, 0.4) is 0 Å². The van der Waals surface area contributed by atoms with Gasteiger partial charge in [0.2, 0.25) is 0 Å². The van der Waals surface area contributed by atoms with Crippen LogP contribution in [0.5, 0.6) is 0 Å². The van der Waals surface area contributed by atoms with Crippen molar-refractivity contribution in [1.29, 1.82) is 0 Å². The fourth-order valence-electron chi connectivity index (χ4n) is 2.01. The zero-order valence-electron chi connectivity index (χ0n) is 8.65. The molecule has 1 rings (SSSR count). The molecule has 1 aliphatic rings. The molecule has 0 aliphatic carbocycles. The Kier molecular flexibility index (Phi) is 2.36. The van der Waals surface area contributed by atoms with E-state index in [1.54, 1.807) is 0 Å². The van der Waals surface area contributed by atoms with Crippen molar-refractivity contribution in [3.8, 4) is 0 Å². The maximum absolute atomic E-state index is 5.90. The van der Waals surface area contributed by atoms with Crippen LogP contribution in [0.25, 0.3) is 0 Å².